The zero-order chi connectivity index (χ0) is 40.4. The number of halogens is 3. The van der Waals surface area contributed by atoms with E-state index in [-0.39, 0.29) is 12.7 Å². The van der Waals surface area contributed by atoms with Crippen LogP contribution in [0.5, 0.6) is 0 Å². The van der Waals surface area contributed by atoms with Crippen molar-refractivity contribution in [3.8, 4) is 0 Å². The van der Waals surface area contributed by atoms with Crippen molar-refractivity contribution in [2.75, 3.05) is 93.5 Å². The van der Waals surface area contributed by atoms with Crippen molar-refractivity contribution in [3.05, 3.63) is 85.3 Å². The van der Waals surface area contributed by atoms with E-state index in [9.17, 15) is 0 Å². The molecule has 4 saturated heterocycles. The summed E-state index contributed by atoms with van der Waals surface area (Å²) in [6.45, 7) is 11.0. The number of ether oxygens (including phenoxy) is 2. The van der Waals surface area contributed by atoms with Crippen LogP contribution in [0.4, 0.5) is 17.2 Å². The number of morpholine rings is 2. The van der Waals surface area contributed by atoms with Gasteiger partial charge in [0, 0.05) is 97.4 Å². The highest BCUT2D eigenvalue weighted by Gasteiger charge is 2.25. The Morgan fingerprint density at radius 1 is 0.650 bits per heavy atom. The van der Waals surface area contributed by atoms with Crippen LogP contribution in [-0.2, 0) is 22.3 Å². The summed E-state index contributed by atoms with van der Waals surface area (Å²) in [6, 6.07) is 12.4. The number of benzene rings is 2. The quantitative estimate of drug-likeness (QED) is 0.122. The number of piperidine rings is 2. The fourth-order valence-electron chi connectivity index (χ4n) is 8.13. The van der Waals surface area contributed by atoms with Crippen LogP contribution in [0.1, 0.15) is 43.1 Å². The van der Waals surface area contributed by atoms with Gasteiger partial charge in [0.2, 0.25) is 10.6 Å². The maximum absolute atomic E-state index is 6.34. The molecular formula is C43H53Cl3N10O2S2. The summed E-state index contributed by atoms with van der Waals surface area (Å²) < 4.78 is 10.8. The highest BCUT2D eigenvalue weighted by molar-refractivity contribution is 7.09. The van der Waals surface area contributed by atoms with Crippen LogP contribution in [-0.4, -0.2) is 109 Å². The Bertz CT molecular complexity index is 2240. The molecule has 0 aliphatic carbocycles. The first-order valence-electron chi connectivity index (χ1n) is 20.4. The second kappa shape index (κ2) is 22.1. The lowest BCUT2D eigenvalue weighted by atomic mass is 9.95. The lowest BCUT2D eigenvalue weighted by Gasteiger charge is -2.34. The maximum atomic E-state index is 6.34. The zero-order valence-electron chi connectivity index (χ0n) is 32.9. The number of thiazole rings is 2. The lowest BCUT2D eigenvalue weighted by molar-refractivity contribution is 0.122. The second-order valence-corrected chi connectivity index (χ2v) is 18.1. The van der Waals surface area contributed by atoms with Gasteiger partial charge in [0.05, 0.1) is 47.5 Å². The second-order valence-electron chi connectivity index (χ2n) is 15.1. The molecule has 2 aromatic carbocycles. The number of fused-ring (bicyclic) bond motifs is 2. The third-order valence-electron chi connectivity index (χ3n) is 11.1. The van der Waals surface area contributed by atoms with E-state index in [0.29, 0.717) is 16.4 Å². The van der Waals surface area contributed by atoms with Gasteiger partial charge in [-0.2, -0.15) is 4.98 Å². The predicted octanol–water partition coefficient (Wildman–Crippen LogP) is 9.13. The molecule has 0 saturated carbocycles. The number of aromatic nitrogens is 6. The van der Waals surface area contributed by atoms with Gasteiger partial charge in [-0.25, -0.2) is 24.9 Å². The molecule has 0 bridgehead atoms. The van der Waals surface area contributed by atoms with E-state index >= 15 is 0 Å². The summed E-state index contributed by atoms with van der Waals surface area (Å²) in [7, 11) is 0. The summed E-state index contributed by atoms with van der Waals surface area (Å²) >= 11 is 21.7. The minimum atomic E-state index is 0. The molecule has 4 fully saturated rings. The Labute approximate surface area is 375 Å². The van der Waals surface area contributed by atoms with Gasteiger partial charge in [-0.05, 0) is 110 Å². The van der Waals surface area contributed by atoms with Crippen LogP contribution >= 0.6 is 57.5 Å². The molecule has 6 aromatic rings. The number of nitrogens with one attached hydrogen (secondary N) is 1. The maximum Gasteiger partial charge on any atom is 0.224 e. The molecule has 0 amide bonds. The molecule has 4 aliphatic rings. The first-order chi connectivity index (χ1) is 28.9. The summed E-state index contributed by atoms with van der Waals surface area (Å²) in [6.07, 6.45) is 11.1. The lowest BCUT2D eigenvalue weighted by Crippen LogP contribution is -2.37. The molecule has 17 heteroatoms. The molecule has 8 heterocycles. The van der Waals surface area contributed by atoms with Gasteiger partial charge in [0.15, 0.2) is 0 Å². The Morgan fingerprint density at radius 2 is 1.22 bits per heavy atom. The van der Waals surface area contributed by atoms with Crippen LogP contribution in [0, 0.1) is 11.8 Å². The predicted molar refractivity (Wildman–Crippen MR) is 249 cm³/mol. The van der Waals surface area contributed by atoms with Gasteiger partial charge in [0.1, 0.15) is 11.0 Å². The Balaban J connectivity index is 0.000000149. The van der Waals surface area contributed by atoms with E-state index in [1.54, 1.807) is 22.7 Å². The van der Waals surface area contributed by atoms with E-state index in [1.807, 2.05) is 30.6 Å². The first kappa shape index (κ1) is 44.6. The van der Waals surface area contributed by atoms with Crippen LogP contribution in [0.25, 0.3) is 21.8 Å². The molecule has 0 radical (unpaired) electrons. The smallest absolute Gasteiger partial charge is 0.224 e. The van der Waals surface area contributed by atoms with Crippen LogP contribution in [0.15, 0.2) is 59.6 Å². The van der Waals surface area contributed by atoms with Crippen LogP contribution < -0.4 is 20.0 Å². The van der Waals surface area contributed by atoms with Crippen molar-refractivity contribution in [2.45, 2.75) is 46.0 Å². The summed E-state index contributed by atoms with van der Waals surface area (Å²) in [5.74, 6) is 2.37. The fraction of sp³-hybridized carbons (Fsp3) is 0.488. The third-order valence-corrected chi connectivity index (χ3v) is 13.3. The zero-order valence-corrected chi connectivity index (χ0v) is 36.8. The van der Waals surface area contributed by atoms with E-state index in [0.717, 1.165) is 118 Å². The minimum Gasteiger partial charge on any atom is -0.378 e. The minimum absolute atomic E-state index is 0. The average Bonchev–Trinajstić information content (AvgIpc) is 3.99. The molecule has 4 aliphatic heterocycles. The Hall–Kier alpha value is -3.47. The number of rotatable bonds is 7. The molecule has 60 heavy (non-hydrogen) atoms. The number of nitrogens with zero attached hydrogens (tertiary/aromatic N) is 9. The van der Waals surface area contributed by atoms with Gasteiger partial charge in [-0.3, -0.25) is 0 Å². The van der Waals surface area contributed by atoms with E-state index in [4.69, 9.17) is 44.3 Å². The highest BCUT2D eigenvalue weighted by atomic mass is 35.5. The first-order valence-corrected chi connectivity index (χ1v) is 23.3. The number of hydrogen-bond acceptors (Lipinski definition) is 14. The number of anilines is 3. The number of hydrogen-bond donors (Lipinski definition) is 1. The monoisotopic (exact) mass is 910 g/mol. The van der Waals surface area contributed by atoms with Crippen molar-refractivity contribution < 1.29 is 9.47 Å². The molecule has 2 unspecified atom stereocenters. The largest absolute Gasteiger partial charge is 0.378 e. The van der Waals surface area contributed by atoms with E-state index in [1.165, 1.54) is 54.5 Å². The third kappa shape index (κ3) is 11.9. The molecule has 0 spiro atoms. The molecular weight excluding hydrogens is 859 g/mol. The summed E-state index contributed by atoms with van der Waals surface area (Å²) in [4.78, 5) is 33.0. The van der Waals surface area contributed by atoms with Gasteiger partial charge in [0.25, 0.3) is 0 Å². The van der Waals surface area contributed by atoms with E-state index < -0.39 is 0 Å². The summed E-state index contributed by atoms with van der Waals surface area (Å²) in [5.41, 5.74) is 3.95. The standard InChI is InChI=1S/C21H24ClN5OS.C12H11Cl2N3O.C9H14N2S.CH4/c22-21-24-18-13-16(26-7-9-28-10-8-26)3-4-17(18)20(25-21)27-6-1-2-15(14-27)12-19-23-5-11-29-19;13-11-9-2-1-8(17-3-5-18-6-4-17)7-10(9)15-12(14)16-11;1-2-8(7-10-3-1)6-9-11-4-5-12-9;/h3-5,11,13,15H,1-2,6-10,12,14H2;1-2,7H,3-6H2;4-5,8,10H,1-3,6-7H2;1H4. The Kier molecular flexibility index (Phi) is 16.4. The van der Waals surface area contributed by atoms with Gasteiger partial charge < -0.3 is 29.5 Å². The van der Waals surface area contributed by atoms with Crippen LogP contribution in [0.2, 0.25) is 15.7 Å². The van der Waals surface area contributed by atoms with Gasteiger partial charge >= 0.3 is 0 Å². The topological polar surface area (TPSA) is 118 Å². The molecule has 2 atom stereocenters. The highest BCUT2D eigenvalue weighted by Crippen LogP contribution is 2.33. The van der Waals surface area contributed by atoms with Gasteiger partial charge in [-0.1, -0.05) is 19.0 Å². The molecule has 10 rings (SSSR count). The summed E-state index contributed by atoms with van der Waals surface area (Å²) in [5, 5.41) is 12.8. The average molecular weight is 912 g/mol. The van der Waals surface area contributed by atoms with Crippen molar-refractivity contribution in [1.29, 1.82) is 0 Å². The fourth-order valence-corrected chi connectivity index (χ4v) is 10.2. The molecule has 4 aromatic heterocycles. The normalized spacial score (nSPS) is 19.6. The SMILES string of the molecule is C.Clc1nc(Cl)c2ccc(N3CCOCC3)cc2n1.Clc1nc(N2CCCC(Cc3nccs3)C2)c2ccc(N3CCOCC3)cc2n1.c1csc(CC2CCCNC2)n1. The van der Waals surface area contributed by atoms with Crippen molar-refractivity contribution in [3.63, 3.8) is 0 Å². The van der Waals surface area contributed by atoms with Crippen LogP contribution in [0.3, 0.4) is 0 Å². The Morgan fingerprint density at radius 3 is 1.80 bits per heavy atom. The molecule has 12 nitrogen and oxygen atoms in total. The van der Waals surface area contributed by atoms with Gasteiger partial charge in [-0.15, -0.1) is 22.7 Å². The van der Waals surface area contributed by atoms with Crippen molar-refractivity contribution in [1.82, 2.24) is 35.2 Å². The molecule has 320 valence electrons. The molecule has 1 N–H and O–H groups in total. The van der Waals surface area contributed by atoms with Crippen molar-refractivity contribution in [2.24, 2.45) is 11.8 Å². The van der Waals surface area contributed by atoms with E-state index in [2.05, 4.69) is 78.9 Å². The van der Waals surface area contributed by atoms with Crippen molar-refractivity contribution >= 4 is 96.5 Å².